The van der Waals surface area contributed by atoms with Crippen molar-refractivity contribution in [2.75, 3.05) is 26.4 Å². The molecule has 5 rings (SSSR count). The minimum atomic E-state index is -0.833. The molecule has 0 aromatic heterocycles. The lowest BCUT2D eigenvalue weighted by Crippen LogP contribution is -2.15. The molecule has 0 bridgehead atoms. The summed E-state index contributed by atoms with van der Waals surface area (Å²) in [6.45, 7) is 8.28. The number of carbonyl (C=O) groups excluding carboxylic acids is 5. The molecule has 0 amide bonds. The third-order valence-electron chi connectivity index (χ3n) is 9.65. The van der Waals surface area contributed by atoms with E-state index in [2.05, 4.69) is 25.0 Å². The highest BCUT2D eigenvalue weighted by Gasteiger charge is 2.24. The summed E-state index contributed by atoms with van der Waals surface area (Å²) in [5, 5.41) is 0. The van der Waals surface area contributed by atoms with Crippen molar-refractivity contribution in [3.05, 3.63) is 180 Å². The lowest BCUT2D eigenvalue weighted by Gasteiger charge is -2.15. The molecule has 12 heteroatoms. The van der Waals surface area contributed by atoms with Gasteiger partial charge in [-0.25, -0.2) is 24.0 Å². The molecule has 0 saturated heterocycles. The fourth-order valence-corrected chi connectivity index (χ4v) is 6.10. The van der Waals surface area contributed by atoms with Crippen LogP contribution in [0, 0.1) is 11.8 Å². The lowest BCUT2D eigenvalue weighted by atomic mass is 10.1. The second kappa shape index (κ2) is 27.3. The molecule has 0 unspecified atom stereocenters. The Morgan fingerprint density at radius 3 is 1.44 bits per heavy atom. The predicted octanol–water partition coefficient (Wildman–Crippen LogP) is 10.2. The largest absolute Gasteiger partial charge is 0.494 e. The van der Waals surface area contributed by atoms with Gasteiger partial charge in [0.25, 0.3) is 0 Å². The molecular weight excluding hydrogens is 841 g/mol. The summed E-state index contributed by atoms with van der Waals surface area (Å²) in [4.78, 5) is 63.5. The molecule has 0 fully saturated rings. The van der Waals surface area contributed by atoms with E-state index in [9.17, 15) is 24.0 Å². The maximum atomic E-state index is 13.8. The van der Waals surface area contributed by atoms with Gasteiger partial charge in [-0.2, -0.15) is 0 Å². The Bertz CT molecular complexity index is 2450. The molecule has 0 atom stereocenters. The van der Waals surface area contributed by atoms with Crippen molar-refractivity contribution in [3.63, 3.8) is 0 Å². The normalized spacial score (nSPS) is 10.3. The van der Waals surface area contributed by atoms with Crippen LogP contribution in [0.2, 0.25) is 0 Å². The fourth-order valence-electron chi connectivity index (χ4n) is 6.10. The first-order valence-electron chi connectivity index (χ1n) is 21.7. The second-order valence-electron chi connectivity index (χ2n) is 14.6. The SMILES string of the molecule is C=CC(=O)OCCCCCCOc1ccc(C(=O)Oc2cc(C(=O)OCc3ccccc3)c(OC(=O)c3ccc(OCCCCCCOC(=O)C=C)cc3)cc2C#Cc2ccccc2)cc1. The minimum Gasteiger partial charge on any atom is -0.494 e. The van der Waals surface area contributed by atoms with Crippen molar-refractivity contribution in [1.29, 1.82) is 0 Å². The molecule has 0 aliphatic rings. The van der Waals surface area contributed by atoms with E-state index in [1.165, 1.54) is 12.1 Å². The Morgan fingerprint density at radius 1 is 0.470 bits per heavy atom. The molecule has 66 heavy (non-hydrogen) atoms. The van der Waals surface area contributed by atoms with Crippen LogP contribution in [0.1, 0.15) is 99.1 Å². The first-order chi connectivity index (χ1) is 32.2. The standard InChI is InChI=1S/C54H52O12/c1-3-50(55)62-35-17-7-5-15-33-60-45-29-25-42(26-30-45)52(57)65-48-38-47(54(59)64-39-41-21-13-10-14-22-41)49(37-44(48)24-23-40-19-11-9-12-20-40)66-53(58)43-27-31-46(32-28-43)61-34-16-6-8-18-36-63-51(56)4-2/h3-4,9-14,19-22,25-32,37-38H,1-2,5-8,15-18,33-36,39H2. The molecule has 0 aliphatic carbocycles. The molecule has 340 valence electrons. The van der Waals surface area contributed by atoms with Crippen LogP contribution < -0.4 is 18.9 Å². The summed E-state index contributed by atoms with van der Waals surface area (Å²) >= 11 is 0. The molecule has 0 N–H and O–H groups in total. The molecule has 12 nitrogen and oxygen atoms in total. The lowest BCUT2D eigenvalue weighted by molar-refractivity contribution is -0.138. The van der Waals surface area contributed by atoms with E-state index in [1.54, 1.807) is 60.7 Å². The van der Waals surface area contributed by atoms with Crippen molar-refractivity contribution in [2.24, 2.45) is 0 Å². The Hall–Kier alpha value is -7.91. The van der Waals surface area contributed by atoms with Crippen molar-refractivity contribution < 1.29 is 57.1 Å². The van der Waals surface area contributed by atoms with E-state index in [0.717, 1.165) is 69.1 Å². The summed E-state index contributed by atoms with van der Waals surface area (Å²) in [6, 6.07) is 33.7. The van der Waals surface area contributed by atoms with Gasteiger partial charge in [-0.3, -0.25) is 0 Å². The van der Waals surface area contributed by atoms with Gasteiger partial charge in [-0.15, -0.1) is 0 Å². The summed E-state index contributed by atoms with van der Waals surface area (Å²) in [6.07, 6.45) is 8.85. The highest BCUT2D eigenvalue weighted by Crippen LogP contribution is 2.32. The van der Waals surface area contributed by atoms with Crippen LogP contribution in [0.15, 0.2) is 147 Å². The zero-order valence-corrected chi connectivity index (χ0v) is 36.7. The number of hydrogen-bond acceptors (Lipinski definition) is 12. The van der Waals surface area contributed by atoms with Crippen LogP contribution >= 0.6 is 0 Å². The summed E-state index contributed by atoms with van der Waals surface area (Å²) in [5.41, 5.74) is 1.77. The van der Waals surface area contributed by atoms with E-state index >= 15 is 0 Å². The van der Waals surface area contributed by atoms with Crippen LogP contribution in [0.4, 0.5) is 0 Å². The number of hydrogen-bond donors (Lipinski definition) is 0. The molecule has 5 aromatic carbocycles. The van der Waals surface area contributed by atoms with Gasteiger partial charge in [-0.1, -0.05) is 73.5 Å². The van der Waals surface area contributed by atoms with Gasteiger partial charge in [0.15, 0.2) is 0 Å². The second-order valence-corrected chi connectivity index (χ2v) is 14.6. The van der Waals surface area contributed by atoms with Crippen LogP contribution in [0.3, 0.4) is 0 Å². The van der Waals surface area contributed by atoms with Crippen LogP contribution in [0.5, 0.6) is 23.0 Å². The quantitative estimate of drug-likeness (QED) is 0.0137. The van der Waals surface area contributed by atoms with E-state index in [0.29, 0.717) is 43.5 Å². The fraction of sp³-hybridized carbons (Fsp3) is 0.241. The molecule has 0 radical (unpaired) electrons. The van der Waals surface area contributed by atoms with Crippen molar-refractivity contribution in [2.45, 2.75) is 58.0 Å². The summed E-state index contributed by atoms with van der Waals surface area (Å²) < 4.78 is 39.2. The highest BCUT2D eigenvalue weighted by atomic mass is 16.6. The maximum absolute atomic E-state index is 13.8. The number of esters is 5. The van der Waals surface area contributed by atoms with E-state index < -0.39 is 29.8 Å². The predicted molar refractivity (Wildman–Crippen MR) is 247 cm³/mol. The Labute approximate surface area is 385 Å². The summed E-state index contributed by atoms with van der Waals surface area (Å²) in [7, 11) is 0. The Morgan fingerprint density at radius 2 is 0.939 bits per heavy atom. The van der Waals surface area contributed by atoms with E-state index in [1.807, 2.05) is 48.5 Å². The zero-order chi connectivity index (χ0) is 46.8. The van der Waals surface area contributed by atoms with E-state index in [4.69, 9.17) is 33.2 Å². The van der Waals surface area contributed by atoms with Crippen molar-refractivity contribution in [1.82, 2.24) is 0 Å². The maximum Gasteiger partial charge on any atom is 0.343 e. The number of carbonyl (C=O) groups is 5. The number of ether oxygens (including phenoxy) is 7. The van der Waals surface area contributed by atoms with Gasteiger partial charge < -0.3 is 33.2 Å². The average Bonchev–Trinajstić information content (AvgIpc) is 3.35. The number of unbranched alkanes of at least 4 members (excludes halogenated alkanes) is 6. The van der Waals surface area contributed by atoms with Gasteiger partial charge in [0, 0.05) is 29.8 Å². The highest BCUT2D eigenvalue weighted by molar-refractivity contribution is 5.98. The van der Waals surface area contributed by atoms with Gasteiger partial charge >= 0.3 is 29.8 Å². The molecule has 0 spiro atoms. The van der Waals surface area contributed by atoms with Gasteiger partial charge in [0.1, 0.15) is 35.2 Å². The van der Waals surface area contributed by atoms with Crippen molar-refractivity contribution >= 4 is 29.8 Å². The number of rotatable bonds is 25. The monoisotopic (exact) mass is 892 g/mol. The molecule has 5 aromatic rings. The van der Waals surface area contributed by atoms with Crippen molar-refractivity contribution in [3.8, 4) is 34.8 Å². The van der Waals surface area contributed by atoms with Crippen LogP contribution in [0.25, 0.3) is 0 Å². The molecular formula is C54H52O12. The summed E-state index contributed by atoms with van der Waals surface area (Å²) in [5.74, 6) is 3.76. The Balaban J connectivity index is 1.30. The van der Waals surface area contributed by atoms with Crippen LogP contribution in [-0.4, -0.2) is 56.3 Å². The number of benzene rings is 5. The third kappa shape index (κ3) is 17.0. The average molecular weight is 893 g/mol. The third-order valence-corrected chi connectivity index (χ3v) is 9.65. The topological polar surface area (TPSA) is 150 Å². The Kier molecular flexibility index (Phi) is 20.3. The van der Waals surface area contributed by atoms with Gasteiger partial charge in [-0.05, 0) is 118 Å². The minimum absolute atomic E-state index is 0.0629. The smallest absolute Gasteiger partial charge is 0.343 e. The first kappa shape index (κ1) is 49.1. The molecule has 0 saturated carbocycles. The van der Waals surface area contributed by atoms with Gasteiger partial charge in [0.05, 0.1) is 43.1 Å². The van der Waals surface area contributed by atoms with Gasteiger partial charge in [0.2, 0.25) is 0 Å². The van der Waals surface area contributed by atoms with Crippen LogP contribution in [-0.2, 0) is 30.4 Å². The van der Waals surface area contributed by atoms with E-state index in [-0.39, 0.29) is 40.4 Å². The first-order valence-corrected chi connectivity index (χ1v) is 21.7. The molecule has 0 aliphatic heterocycles. The zero-order valence-electron chi connectivity index (χ0n) is 36.7. The molecule has 0 heterocycles.